The van der Waals surface area contributed by atoms with E-state index in [0.717, 1.165) is 6.42 Å². The zero-order valence-electron chi connectivity index (χ0n) is 14.3. The normalized spacial score (nSPS) is 21.1. The number of ether oxygens (including phenoxy) is 1. The maximum Gasteiger partial charge on any atom is 0.410 e. The number of aromatic nitrogens is 1. The minimum atomic E-state index is -1.15. The van der Waals surface area contributed by atoms with E-state index in [2.05, 4.69) is 19.0 Å². The molecule has 1 fully saturated rings. The molecule has 0 aliphatic carbocycles. The number of likely N-dealkylation sites (tertiary alicyclic amines) is 1. The van der Waals surface area contributed by atoms with Crippen LogP contribution in [0.4, 0.5) is 4.79 Å². The Kier molecular flexibility index (Phi) is 4.41. The Morgan fingerprint density at radius 2 is 2.09 bits per heavy atom. The van der Waals surface area contributed by atoms with Gasteiger partial charge in [0, 0.05) is 12.6 Å². The molecule has 1 aliphatic heterocycles. The molecule has 1 saturated heterocycles. The molecule has 2 heterocycles. The number of carboxylic acid groups (broad SMARTS) is 1. The maximum absolute atomic E-state index is 12.6. The summed E-state index contributed by atoms with van der Waals surface area (Å²) >= 11 is 0. The molecule has 2 rings (SSSR count). The number of piperidine rings is 1. The lowest BCUT2D eigenvalue weighted by atomic mass is 9.81. The van der Waals surface area contributed by atoms with Gasteiger partial charge < -0.3 is 14.4 Å². The molecule has 1 atom stereocenters. The van der Waals surface area contributed by atoms with E-state index in [4.69, 9.17) is 14.4 Å². The highest BCUT2D eigenvalue weighted by atomic mass is 16.6. The van der Waals surface area contributed by atoms with Crippen LogP contribution in [0.1, 0.15) is 69.8 Å². The number of rotatable bonds is 2. The van der Waals surface area contributed by atoms with Crippen LogP contribution in [-0.2, 0) is 4.74 Å². The molecule has 23 heavy (non-hydrogen) atoms. The third-order valence-corrected chi connectivity index (χ3v) is 3.77. The Hall–Kier alpha value is -2.05. The smallest absolute Gasteiger partial charge is 0.410 e. The lowest BCUT2D eigenvalue weighted by Gasteiger charge is -2.42. The quantitative estimate of drug-likeness (QED) is 0.895. The van der Waals surface area contributed by atoms with Crippen LogP contribution in [0.3, 0.4) is 0 Å². The summed E-state index contributed by atoms with van der Waals surface area (Å²) in [5.74, 6) is -0.774. The molecule has 0 bridgehead atoms. The Labute approximate surface area is 135 Å². The van der Waals surface area contributed by atoms with Crippen LogP contribution >= 0.6 is 0 Å². The average molecular weight is 324 g/mol. The second kappa shape index (κ2) is 5.86. The number of carbonyl (C=O) groups excluding carboxylic acids is 1. The summed E-state index contributed by atoms with van der Waals surface area (Å²) in [7, 11) is 0. The summed E-state index contributed by atoms with van der Waals surface area (Å²) in [5, 5.41) is 12.5. The van der Waals surface area contributed by atoms with Crippen molar-refractivity contribution in [3.05, 3.63) is 17.5 Å². The molecule has 1 unspecified atom stereocenters. The summed E-state index contributed by atoms with van der Waals surface area (Å²) in [5.41, 5.74) is -0.797. The minimum absolute atomic E-state index is 0.0386. The molecular weight excluding hydrogens is 300 g/mol. The number of nitrogens with zero attached hydrogens (tertiary/aromatic N) is 2. The maximum atomic E-state index is 12.6. The second-order valence-corrected chi connectivity index (χ2v) is 7.75. The zero-order chi connectivity index (χ0) is 17.4. The van der Waals surface area contributed by atoms with Gasteiger partial charge >= 0.3 is 12.1 Å². The van der Waals surface area contributed by atoms with Gasteiger partial charge in [-0.05, 0) is 39.0 Å². The molecule has 1 aliphatic rings. The highest BCUT2D eigenvalue weighted by molar-refractivity contribution is 5.85. The number of carbonyl (C=O) groups is 2. The summed E-state index contributed by atoms with van der Waals surface area (Å²) in [6.45, 7) is 10.1. The molecular formula is C16H24N2O5. The van der Waals surface area contributed by atoms with E-state index in [-0.39, 0.29) is 17.2 Å². The van der Waals surface area contributed by atoms with E-state index in [1.165, 1.54) is 6.07 Å². The van der Waals surface area contributed by atoms with Crippen LogP contribution in [0, 0.1) is 5.41 Å². The van der Waals surface area contributed by atoms with E-state index in [0.29, 0.717) is 18.7 Å². The number of hydrogen-bond donors (Lipinski definition) is 1. The molecule has 128 valence electrons. The number of hydrogen-bond acceptors (Lipinski definition) is 5. The summed E-state index contributed by atoms with van der Waals surface area (Å²) in [6.07, 6.45) is 1.13. The first-order valence-electron chi connectivity index (χ1n) is 7.68. The highest BCUT2D eigenvalue weighted by Crippen LogP contribution is 2.40. The van der Waals surface area contributed by atoms with Crippen molar-refractivity contribution >= 4 is 12.1 Å². The van der Waals surface area contributed by atoms with Gasteiger partial charge in [0.15, 0.2) is 11.5 Å². The van der Waals surface area contributed by atoms with Gasteiger partial charge in [0.05, 0.1) is 6.04 Å². The highest BCUT2D eigenvalue weighted by Gasteiger charge is 2.40. The third kappa shape index (κ3) is 4.24. The van der Waals surface area contributed by atoms with Crippen LogP contribution < -0.4 is 0 Å². The topological polar surface area (TPSA) is 92.9 Å². The first-order chi connectivity index (χ1) is 10.5. The van der Waals surface area contributed by atoms with E-state index < -0.39 is 17.7 Å². The SMILES string of the molecule is CC1(C)CCC(c2cc(C(=O)O)no2)N(C(=O)OC(C)(C)C)C1. The largest absolute Gasteiger partial charge is 0.476 e. The van der Waals surface area contributed by atoms with Crippen LogP contribution in [0.25, 0.3) is 0 Å². The Morgan fingerprint density at radius 1 is 1.43 bits per heavy atom. The van der Waals surface area contributed by atoms with Crippen molar-refractivity contribution in [1.82, 2.24) is 10.1 Å². The molecule has 7 heteroatoms. The molecule has 0 spiro atoms. The van der Waals surface area contributed by atoms with Crippen LogP contribution in [0.2, 0.25) is 0 Å². The Morgan fingerprint density at radius 3 is 2.61 bits per heavy atom. The van der Waals surface area contributed by atoms with Crippen molar-refractivity contribution in [1.29, 1.82) is 0 Å². The van der Waals surface area contributed by atoms with Crippen LogP contribution in [0.5, 0.6) is 0 Å². The molecule has 0 radical (unpaired) electrons. The number of amides is 1. The van der Waals surface area contributed by atoms with Gasteiger partial charge in [-0.2, -0.15) is 0 Å². The molecule has 0 aromatic carbocycles. The van der Waals surface area contributed by atoms with Crippen molar-refractivity contribution in [3.8, 4) is 0 Å². The summed E-state index contributed by atoms with van der Waals surface area (Å²) in [6, 6.07) is 1.02. The minimum Gasteiger partial charge on any atom is -0.476 e. The zero-order valence-corrected chi connectivity index (χ0v) is 14.3. The monoisotopic (exact) mass is 324 g/mol. The fourth-order valence-electron chi connectivity index (χ4n) is 2.69. The second-order valence-electron chi connectivity index (χ2n) is 7.75. The Bertz CT molecular complexity index is 600. The first kappa shape index (κ1) is 17.3. The molecule has 0 saturated carbocycles. The van der Waals surface area contributed by atoms with Crippen molar-refractivity contribution in [2.45, 2.75) is 59.1 Å². The predicted molar refractivity (Wildman–Crippen MR) is 82.2 cm³/mol. The average Bonchev–Trinajstić information content (AvgIpc) is 2.85. The molecule has 1 aromatic rings. The van der Waals surface area contributed by atoms with E-state index in [1.807, 2.05) is 20.8 Å². The van der Waals surface area contributed by atoms with Gasteiger partial charge in [-0.15, -0.1) is 0 Å². The van der Waals surface area contributed by atoms with Crippen LogP contribution in [-0.4, -0.2) is 39.4 Å². The Balaban J connectivity index is 2.27. The van der Waals surface area contributed by atoms with Gasteiger partial charge in [0.25, 0.3) is 0 Å². The van der Waals surface area contributed by atoms with Gasteiger partial charge in [-0.1, -0.05) is 19.0 Å². The lowest BCUT2D eigenvalue weighted by molar-refractivity contribution is -0.0123. The van der Waals surface area contributed by atoms with Crippen molar-refractivity contribution < 1.29 is 24.0 Å². The fraction of sp³-hybridized carbons (Fsp3) is 0.688. The van der Waals surface area contributed by atoms with Gasteiger partial charge in [-0.3, -0.25) is 4.90 Å². The van der Waals surface area contributed by atoms with Gasteiger partial charge in [0.1, 0.15) is 5.60 Å². The van der Waals surface area contributed by atoms with Crippen molar-refractivity contribution in [3.63, 3.8) is 0 Å². The standard InChI is InChI=1S/C16H24N2O5/c1-15(2,3)22-14(21)18-9-16(4,5)7-6-11(18)12-8-10(13(19)20)17-23-12/h8,11H,6-7,9H2,1-5H3,(H,19,20). The third-order valence-electron chi connectivity index (χ3n) is 3.77. The summed E-state index contributed by atoms with van der Waals surface area (Å²) in [4.78, 5) is 25.1. The van der Waals surface area contributed by atoms with Crippen molar-refractivity contribution in [2.24, 2.45) is 5.41 Å². The molecule has 7 nitrogen and oxygen atoms in total. The molecule has 1 N–H and O–H groups in total. The number of aromatic carboxylic acids is 1. The lowest BCUT2D eigenvalue weighted by Crippen LogP contribution is -2.47. The molecule has 1 aromatic heterocycles. The van der Waals surface area contributed by atoms with Crippen LogP contribution in [0.15, 0.2) is 10.6 Å². The van der Waals surface area contributed by atoms with Crippen molar-refractivity contribution in [2.75, 3.05) is 6.54 Å². The summed E-state index contributed by atoms with van der Waals surface area (Å²) < 4.78 is 10.6. The first-order valence-corrected chi connectivity index (χ1v) is 7.68. The van der Waals surface area contributed by atoms with Gasteiger partial charge in [-0.25, -0.2) is 9.59 Å². The van der Waals surface area contributed by atoms with E-state index in [1.54, 1.807) is 4.90 Å². The predicted octanol–water partition coefficient (Wildman–Crippen LogP) is 3.47. The fourth-order valence-corrected chi connectivity index (χ4v) is 2.69. The van der Waals surface area contributed by atoms with E-state index in [9.17, 15) is 9.59 Å². The number of carboxylic acids is 1. The van der Waals surface area contributed by atoms with Gasteiger partial charge in [0.2, 0.25) is 0 Å². The molecule has 1 amide bonds. The van der Waals surface area contributed by atoms with E-state index >= 15 is 0 Å².